The number of alkyl halides is 2. The molecule has 3 nitrogen and oxygen atoms in total. The van der Waals surface area contributed by atoms with Gasteiger partial charge in [0.05, 0.1) is 13.1 Å². The van der Waals surface area contributed by atoms with Crippen molar-refractivity contribution < 1.29 is 13.6 Å². The molecule has 90 valence electrons. The zero-order chi connectivity index (χ0) is 10.8. The lowest BCUT2D eigenvalue weighted by Gasteiger charge is -2.16. The Labute approximate surface area is 94.2 Å². The fourth-order valence-electron chi connectivity index (χ4n) is 1.26. The lowest BCUT2D eigenvalue weighted by atomic mass is 10.1. The van der Waals surface area contributed by atoms with E-state index in [1.54, 1.807) is 6.92 Å². The summed E-state index contributed by atoms with van der Waals surface area (Å²) in [6, 6.07) is 0. The highest BCUT2D eigenvalue weighted by atomic mass is 35.5. The summed E-state index contributed by atoms with van der Waals surface area (Å²) in [5, 5.41) is 2.23. The normalized spacial score (nSPS) is 17.9. The highest BCUT2D eigenvalue weighted by Gasteiger charge is 2.34. The first-order chi connectivity index (χ1) is 6.46. The second kappa shape index (κ2) is 5.61. The summed E-state index contributed by atoms with van der Waals surface area (Å²) in [7, 11) is 0. The number of nitrogens with two attached hydrogens (primary N) is 1. The monoisotopic (exact) mass is 242 g/mol. The van der Waals surface area contributed by atoms with E-state index in [2.05, 4.69) is 5.32 Å². The third kappa shape index (κ3) is 4.75. The van der Waals surface area contributed by atoms with Crippen LogP contribution < -0.4 is 11.1 Å². The van der Waals surface area contributed by atoms with Gasteiger partial charge in [0.1, 0.15) is 0 Å². The molecule has 0 aromatic rings. The topological polar surface area (TPSA) is 55.1 Å². The van der Waals surface area contributed by atoms with Crippen LogP contribution in [0.3, 0.4) is 0 Å². The van der Waals surface area contributed by atoms with Crippen LogP contribution in [0, 0.1) is 11.8 Å². The fraction of sp³-hybridized carbons (Fsp3) is 0.889. The SMILES string of the molecule is CC(C(=O)NCC(F)(F)CN)C1CC1.Cl. The van der Waals surface area contributed by atoms with Crippen molar-refractivity contribution in [3.8, 4) is 0 Å². The van der Waals surface area contributed by atoms with E-state index in [1.165, 1.54) is 0 Å². The molecule has 15 heavy (non-hydrogen) atoms. The summed E-state index contributed by atoms with van der Waals surface area (Å²) in [5.41, 5.74) is 4.84. The standard InChI is InChI=1S/C9H16F2N2O.ClH/c1-6(7-2-3-7)8(14)13-5-9(10,11)4-12;/h6-7H,2-5,12H2,1H3,(H,13,14);1H. The lowest BCUT2D eigenvalue weighted by molar-refractivity contribution is -0.126. The maximum atomic E-state index is 12.7. The van der Waals surface area contributed by atoms with Crippen LogP contribution in [0.5, 0.6) is 0 Å². The summed E-state index contributed by atoms with van der Waals surface area (Å²) >= 11 is 0. The Morgan fingerprint density at radius 3 is 2.53 bits per heavy atom. The van der Waals surface area contributed by atoms with Crippen molar-refractivity contribution in [3.05, 3.63) is 0 Å². The Morgan fingerprint density at radius 1 is 1.60 bits per heavy atom. The minimum Gasteiger partial charge on any atom is -0.350 e. The first-order valence-corrected chi connectivity index (χ1v) is 4.82. The molecule has 0 radical (unpaired) electrons. The predicted octanol–water partition coefficient (Wildman–Crippen LogP) is 1.16. The number of hydrogen-bond acceptors (Lipinski definition) is 2. The lowest BCUT2D eigenvalue weighted by Crippen LogP contribution is -2.43. The molecule has 1 rings (SSSR count). The van der Waals surface area contributed by atoms with Crippen LogP contribution in [0.15, 0.2) is 0 Å². The van der Waals surface area contributed by atoms with E-state index in [0.717, 1.165) is 12.8 Å². The Kier molecular flexibility index (Phi) is 5.45. The zero-order valence-electron chi connectivity index (χ0n) is 8.63. The molecule has 3 N–H and O–H groups in total. The third-order valence-corrected chi connectivity index (χ3v) is 2.56. The van der Waals surface area contributed by atoms with Crippen LogP contribution in [0.1, 0.15) is 19.8 Å². The number of rotatable bonds is 5. The maximum Gasteiger partial charge on any atom is 0.277 e. The van der Waals surface area contributed by atoms with Crippen LogP contribution in [0.2, 0.25) is 0 Å². The number of carbonyl (C=O) groups excluding carboxylic acids is 1. The van der Waals surface area contributed by atoms with Gasteiger partial charge in [-0.3, -0.25) is 4.79 Å². The Bertz CT molecular complexity index is 222. The number of amides is 1. The van der Waals surface area contributed by atoms with E-state index in [0.29, 0.717) is 5.92 Å². The molecular weight excluding hydrogens is 226 g/mol. The number of carbonyl (C=O) groups is 1. The second-order valence-corrected chi connectivity index (χ2v) is 3.90. The highest BCUT2D eigenvalue weighted by Crippen LogP contribution is 2.36. The third-order valence-electron chi connectivity index (χ3n) is 2.56. The van der Waals surface area contributed by atoms with Crippen molar-refractivity contribution in [1.29, 1.82) is 0 Å². The van der Waals surface area contributed by atoms with Gasteiger partial charge in [0.15, 0.2) is 0 Å². The summed E-state index contributed by atoms with van der Waals surface area (Å²) in [5.74, 6) is -3.04. The summed E-state index contributed by atoms with van der Waals surface area (Å²) in [6.07, 6.45) is 2.06. The molecule has 0 bridgehead atoms. The van der Waals surface area contributed by atoms with Crippen molar-refractivity contribution in [2.24, 2.45) is 17.6 Å². The van der Waals surface area contributed by atoms with Gasteiger partial charge in [0.2, 0.25) is 5.91 Å². The van der Waals surface area contributed by atoms with E-state index in [1.807, 2.05) is 0 Å². The first kappa shape index (κ1) is 14.6. The van der Waals surface area contributed by atoms with Crippen LogP contribution in [-0.4, -0.2) is 24.9 Å². The van der Waals surface area contributed by atoms with Crippen LogP contribution >= 0.6 is 12.4 Å². The van der Waals surface area contributed by atoms with E-state index in [9.17, 15) is 13.6 Å². The molecule has 0 heterocycles. The minimum absolute atomic E-state index is 0. The Hall–Kier alpha value is -0.420. The molecule has 0 aromatic carbocycles. The van der Waals surface area contributed by atoms with Crippen molar-refractivity contribution in [3.63, 3.8) is 0 Å². The van der Waals surface area contributed by atoms with Gasteiger partial charge in [-0.15, -0.1) is 12.4 Å². The van der Waals surface area contributed by atoms with Crippen LogP contribution in [-0.2, 0) is 4.79 Å². The highest BCUT2D eigenvalue weighted by molar-refractivity contribution is 5.85. The van der Waals surface area contributed by atoms with E-state index >= 15 is 0 Å². The summed E-state index contributed by atoms with van der Waals surface area (Å²) < 4.78 is 25.3. The van der Waals surface area contributed by atoms with Crippen molar-refractivity contribution in [1.82, 2.24) is 5.32 Å². The number of halogens is 3. The largest absolute Gasteiger partial charge is 0.350 e. The quantitative estimate of drug-likeness (QED) is 0.760. The van der Waals surface area contributed by atoms with Crippen molar-refractivity contribution in [2.45, 2.75) is 25.7 Å². The Morgan fingerprint density at radius 2 is 2.13 bits per heavy atom. The molecule has 6 heteroatoms. The van der Waals surface area contributed by atoms with Gasteiger partial charge >= 0.3 is 0 Å². The van der Waals surface area contributed by atoms with Gasteiger partial charge in [0.25, 0.3) is 5.92 Å². The molecule has 1 aliphatic carbocycles. The van der Waals surface area contributed by atoms with Gasteiger partial charge in [-0.2, -0.15) is 0 Å². The van der Waals surface area contributed by atoms with Gasteiger partial charge in [0, 0.05) is 5.92 Å². The van der Waals surface area contributed by atoms with Crippen LogP contribution in [0.4, 0.5) is 8.78 Å². The number of nitrogens with one attached hydrogen (secondary N) is 1. The average Bonchev–Trinajstić information content (AvgIpc) is 2.96. The van der Waals surface area contributed by atoms with Crippen molar-refractivity contribution >= 4 is 18.3 Å². The summed E-state index contributed by atoms with van der Waals surface area (Å²) in [4.78, 5) is 11.3. The van der Waals surface area contributed by atoms with E-state index < -0.39 is 19.0 Å². The first-order valence-electron chi connectivity index (χ1n) is 4.82. The molecule has 0 aliphatic heterocycles. The minimum atomic E-state index is -2.99. The van der Waals surface area contributed by atoms with Gasteiger partial charge in [-0.05, 0) is 18.8 Å². The summed E-state index contributed by atoms with van der Waals surface area (Å²) in [6.45, 7) is 0.387. The zero-order valence-corrected chi connectivity index (χ0v) is 9.45. The molecule has 0 saturated heterocycles. The molecule has 1 amide bonds. The van der Waals surface area contributed by atoms with E-state index in [-0.39, 0.29) is 24.2 Å². The van der Waals surface area contributed by atoms with Gasteiger partial charge in [-0.25, -0.2) is 8.78 Å². The van der Waals surface area contributed by atoms with Crippen molar-refractivity contribution in [2.75, 3.05) is 13.1 Å². The Balaban J connectivity index is 0.00000196. The van der Waals surface area contributed by atoms with Gasteiger partial charge < -0.3 is 11.1 Å². The molecule has 1 atom stereocenters. The molecule has 0 spiro atoms. The molecule has 1 saturated carbocycles. The smallest absolute Gasteiger partial charge is 0.277 e. The molecule has 1 fully saturated rings. The molecular formula is C9H17ClF2N2O. The fourth-order valence-corrected chi connectivity index (χ4v) is 1.26. The molecule has 0 aromatic heterocycles. The van der Waals surface area contributed by atoms with Crippen LogP contribution in [0.25, 0.3) is 0 Å². The predicted molar refractivity (Wildman–Crippen MR) is 56.1 cm³/mol. The average molecular weight is 243 g/mol. The van der Waals surface area contributed by atoms with E-state index in [4.69, 9.17) is 5.73 Å². The second-order valence-electron chi connectivity index (χ2n) is 3.90. The molecule has 1 unspecified atom stereocenters. The molecule has 1 aliphatic rings. The van der Waals surface area contributed by atoms with Gasteiger partial charge in [-0.1, -0.05) is 6.92 Å². The maximum absolute atomic E-state index is 12.7. The number of hydrogen-bond donors (Lipinski definition) is 2.